The van der Waals surface area contributed by atoms with Crippen molar-refractivity contribution in [3.8, 4) is 0 Å². The lowest BCUT2D eigenvalue weighted by Gasteiger charge is -2.44. The fourth-order valence-electron chi connectivity index (χ4n) is 4.68. The molecule has 2 aromatic rings. The second-order valence-electron chi connectivity index (χ2n) is 7.89. The molecule has 1 aliphatic heterocycles. The summed E-state index contributed by atoms with van der Waals surface area (Å²) in [6, 6.07) is 13.2. The number of quaternary nitrogens is 1. The lowest BCUT2D eigenvalue weighted by Crippen LogP contribution is -3.23. The van der Waals surface area contributed by atoms with Crippen molar-refractivity contribution < 1.29 is 18.1 Å². The maximum atomic E-state index is 13.0. The van der Waals surface area contributed by atoms with Gasteiger partial charge in [0.15, 0.2) is 0 Å². The molecule has 1 aliphatic carbocycles. The lowest BCUT2D eigenvalue weighted by molar-refractivity contribution is -0.960. The van der Waals surface area contributed by atoms with Crippen LogP contribution in [-0.2, 0) is 14.8 Å². The predicted molar refractivity (Wildman–Crippen MR) is 106 cm³/mol. The molecule has 0 spiro atoms. The Morgan fingerprint density at radius 3 is 2.41 bits per heavy atom. The Morgan fingerprint density at radius 1 is 0.963 bits per heavy atom. The number of nitrogens with one attached hydrogen (secondary N) is 2. The molecule has 0 amide bonds. The van der Waals surface area contributed by atoms with Gasteiger partial charge in [0.05, 0.1) is 24.7 Å². The van der Waals surface area contributed by atoms with E-state index in [0.29, 0.717) is 11.4 Å². The molecule has 4 rings (SSSR count). The minimum Gasteiger partial charge on any atom is -0.370 e. The van der Waals surface area contributed by atoms with Crippen molar-refractivity contribution in [3.05, 3.63) is 42.5 Å². The van der Waals surface area contributed by atoms with Gasteiger partial charge in [0.25, 0.3) is 0 Å². The third-order valence-electron chi connectivity index (χ3n) is 6.29. The molecule has 2 fully saturated rings. The van der Waals surface area contributed by atoms with E-state index in [9.17, 15) is 8.42 Å². The van der Waals surface area contributed by atoms with Crippen molar-refractivity contribution in [2.75, 3.05) is 32.8 Å². The fourth-order valence-corrected chi connectivity index (χ4v) is 5.85. The molecule has 5 nitrogen and oxygen atoms in total. The molecule has 2 aromatic carbocycles. The van der Waals surface area contributed by atoms with Crippen LogP contribution < -0.4 is 9.62 Å². The Labute approximate surface area is 161 Å². The predicted octanol–water partition coefficient (Wildman–Crippen LogP) is 1.74. The Balaban J connectivity index is 1.54. The van der Waals surface area contributed by atoms with Crippen molar-refractivity contribution in [3.63, 3.8) is 0 Å². The molecule has 0 aromatic heterocycles. The van der Waals surface area contributed by atoms with Crippen molar-refractivity contribution in [2.45, 2.75) is 42.5 Å². The molecule has 2 N–H and O–H groups in total. The minimum atomic E-state index is -3.52. The van der Waals surface area contributed by atoms with Crippen LogP contribution in [0.2, 0.25) is 0 Å². The molecule has 0 unspecified atom stereocenters. The van der Waals surface area contributed by atoms with Gasteiger partial charge in [0.1, 0.15) is 18.6 Å². The maximum Gasteiger partial charge on any atom is 0.240 e. The molecular weight excluding hydrogens is 360 g/mol. The van der Waals surface area contributed by atoms with Crippen molar-refractivity contribution >= 4 is 20.8 Å². The Hall–Kier alpha value is -1.47. The quantitative estimate of drug-likeness (QED) is 0.819. The van der Waals surface area contributed by atoms with Crippen molar-refractivity contribution in [1.29, 1.82) is 0 Å². The number of fused-ring (bicyclic) bond motifs is 1. The first kappa shape index (κ1) is 18.9. The first-order chi connectivity index (χ1) is 13.1. The summed E-state index contributed by atoms with van der Waals surface area (Å²) >= 11 is 0. The lowest BCUT2D eigenvalue weighted by atomic mass is 9.80. The average Bonchev–Trinajstić information content (AvgIpc) is 2.73. The van der Waals surface area contributed by atoms with Gasteiger partial charge in [-0.1, -0.05) is 36.8 Å². The highest BCUT2D eigenvalue weighted by Crippen LogP contribution is 2.26. The minimum absolute atomic E-state index is 0.00590. The van der Waals surface area contributed by atoms with Gasteiger partial charge in [-0.2, -0.15) is 0 Å². The van der Waals surface area contributed by atoms with Crippen LogP contribution in [0.1, 0.15) is 32.1 Å². The average molecular weight is 390 g/mol. The number of hydrogen-bond acceptors (Lipinski definition) is 3. The van der Waals surface area contributed by atoms with Gasteiger partial charge in [-0.25, -0.2) is 13.1 Å². The van der Waals surface area contributed by atoms with E-state index < -0.39 is 10.0 Å². The highest BCUT2D eigenvalue weighted by atomic mass is 32.2. The Kier molecular flexibility index (Phi) is 5.50. The normalized spacial score (nSPS) is 21.3. The van der Waals surface area contributed by atoms with E-state index in [1.54, 1.807) is 12.1 Å². The zero-order valence-electron chi connectivity index (χ0n) is 15.7. The Morgan fingerprint density at radius 2 is 1.67 bits per heavy atom. The first-order valence-electron chi connectivity index (χ1n) is 10.0. The summed E-state index contributed by atoms with van der Waals surface area (Å²) < 4.78 is 34.5. The van der Waals surface area contributed by atoms with Crippen LogP contribution in [0.3, 0.4) is 0 Å². The number of ether oxygens (including phenoxy) is 1. The monoisotopic (exact) mass is 389 g/mol. The molecule has 146 valence electrons. The summed E-state index contributed by atoms with van der Waals surface area (Å²) in [4.78, 5) is 1.86. The number of rotatable bonds is 5. The van der Waals surface area contributed by atoms with E-state index in [1.165, 1.54) is 24.2 Å². The molecule has 0 bridgehead atoms. The zero-order chi connectivity index (χ0) is 18.7. The smallest absolute Gasteiger partial charge is 0.240 e. The fraction of sp³-hybridized carbons (Fsp3) is 0.524. The molecule has 1 saturated heterocycles. The summed E-state index contributed by atoms with van der Waals surface area (Å²) in [5, 5.41) is 2.00. The highest BCUT2D eigenvalue weighted by molar-refractivity contribution is 7.89. The van der Waals surface area contributed by atoms with E-state index in [0.717, 1.165) is 49.9 Å². The third kappa shape index (κ3) is 4.04. The van der Waals surface area contributed by atoms with Crippen LogP contribution in [0.25, 0.3) is 10.8 Å². The van der Waals surface area contributed by atoms with Crippen LogP contribution in [0, 0.1) is 0 Å². The van der Waals surface area contributed by atoms with Gasteiger partial charge in [-0.15, -0.1) is 0 Å². The number of benzene rings is 2. The van der Waals surface area contributed by atoms with Crippen LogP contribution >= 0.6 is 0 Å². The van der Waals surface area contributed by atoms with E-state index in [-0.39, 0.29) is 5.54 Å². The molecule has 0 atom stereocenters. The van der Waals surface area contributed by atoms with E-state index >= 15 is 0 Å². The van der Waals surface area contributed by atoms with Crippen molar-refractivity contribution in [2.24, 2.45) is 0 Å². The van der Waals surface area contributed by atoms with E-state index in [1.807, 2.05) is 30.3 Å². The molecule has 1 saturated carbocycles. The number of hydrogen-bond donors (Lipinski definition) is 2. The second-order valence-corrected chi connectivity index (χ2v) is 9.66. The Bertz CT molecular complexity index is 885. The van der Waals surface area contributed by atoms with Crippen LogP contribution in [0.5, 0.6) is 0 Å². The summed E-state index contributed by atoms with van der Waals surface area (Å²) in [6.07, 6.45) is 5.79. The van der Waals surface area contributed by atoms with Gasteiger partial charge in [-0.3, -0.25) is 0 Å². The zero-order valence-corrected chi connectivity index (χ0v) is 16.6. The van der Waals surface area contributed by atoms with Crippen LogP contribution in [0.4, 0.5) is 0 Å². The molecular formula is C21H29N2O3S+. The van der Waals surface area contributed by atoms with Gasteiger partial charge in [0.2, 0.25) is 10.0 Å². The number of sulfonamides is 1. The van der Waals surface area contributed by atoms with E-state index in [4.69, 9.17) is 4.74 Å². The molecule has 1 heterocycles. The summed E-state index contributed by atoms with van der Waals surface area (Å²) in [5.74, 6) is 0. The van der Waals surface area contributed by atoms with Gasteiger partial charge >= 0.3 is 0 Å². The van der Waals surface area contributed by atoms with E-state index in [2.05, 4.69) is 4.72 Å². The number of morpholine rings is 1. The summed E-state index contributed by atoms with van der Waals surface area (Å²) in [6.45, 7) is 4.00. The van der Waals surface area contributed by atoms with Crippen molar-refractivity contribution in [1.82, 2.24) is 4.72 Å². The topological polar surface area (TPSA) is 59.8 Å². The first-order valence-corrected chi connectivity index (χ1v) is 11.5. The molecule has 27 heavy (non-hydrogen) atoms. The van der Waals surface area contributed by atoms with Crippen LogP contribution in [0.15, 0.2) is 47.4 Å². The molecule has 6 heteroatoms. The van der Waals surface area contributed by atoms with Crippen LogP contribution in [-0.4, -0.2) is 46.8 Å². The highest BCUT2D eigenvalue weighted by Gasteiger charge is 2.43. The van der Waals surface area contributed by atoms with Gasteiger partial charge < -0.3 is 9.64 Å². The summed E-state index contributed by atoms with van der Waals surface area (Å²) in [7, 11) is -3.52. The largest absolute Gasteiger partial charge is 0.370 e. The maximum absolute atomic E-state index is 13.0. The third-order valence-corrected chi connectivity index (χ3v) is 7.69. The second kappa shape index (κ2) is 7.87. The summed E-state index contributed by atoms with van der Waals surface area (Å²) in [5.41, 5.74) is 0.00590. The van der Waals surface area contributed by atoms with Gasteiger partial charge in [0, 0.05) is 12.8 Å². The SMILES string of the molecule is O=S(=O)(NCC1([NH+]2CCOCC2)CCCCC1)c1ccc2ccccc2c1. The molecule has 2 aliphatic rings. The van der Waals surface area contributed by atoms with Gasteiger partial charge in [-0.05, 0) is 35.7 Å². The molecule has 0 radical (unpaired) electrons. The standard InChI is InChI=1S/C21H28N2O3S/c24-27(25,20-9-8-18-6-2-3-7-19(18)16-20)22-17-21(10-4-1-5-11-21)23-12-14-26-15-13-23/h2-3,6-9,16,22H,1,4-5,10-15,17H2/p+1.